The summed E-state index contributed by atoms with van der Waals surface area (Å²) in [5.41, 5.74) is 0.635. The summed E-state index contributed by atoms with van der Waals surface area (Å²) in [7, 11) is 0. The second-order valence-electron chi connectivity index (χ2n) is 5.30. The molecule has 0 radical (unpaired) electrons. The molecule has 7 nitrogen and oxygen atoms in total. The number of halogens is 3. The molecule has 4 heterocycles. The molecule has 10 heteroatoms. The first kappa shape index (κ1) is 16.9. The fraction of sp³-hybridized carbons (Fsp3) is 0.118. The van der Waals surface area contributed by atoms with Gasteiger partial charge in [0.15, 0.2) is 35.1 Å². The van der Waals surface area contributed by atoms with E-state index in [0.717, 1.165) is 0 Å². The van der Waals surface area contributed by atoms with Gasteiger partial charge in [-0.05, 0) is 24.3 Å². The molecule has 0 unspecified atom stereocenters. The lowest BCUT2D eigenvalue weighted by molar-refractivity contribution is -0.153. The third-order valence-electron chi connectivity index (χ3n) is 3.30. The first-order chi connectivity index (χ1) is 13.0. The zero-order valence-corrected chi connectivity index (χ0v) is 13.4. The average molecular weight is 377 g/mol. The quantitative estimate of drug-likeness (QED) is 0.502. The standard InChI is InChI=1S/C17H10F3N3O4/c18-17(19,20)9-25-11-3-1-5-21-15(11)26-10-7-13-14(22-8-10)23-16(27-13)12-4-2-6-24-12/h1-8H,9H2. The van der Waals surface area contributed by atoms with Crippen LogP contribution in [0.15, 0.2) is 57.8 Å². The number of oxazole rings is 1. The SMILES string of the molecule is FC(F)(F)COc1cccnc1Oc1cnc2nc(-c3ccco3)oc2c1. The Hall–Kier alpha value is -3.56. The molecule has 0 N–H and O–H groups in total. The predicted octanol–water partition coefficient (Wildman–Crippen LogP) is 4.61. The molecule has 0 bridgehead atoms. The number of pyridine rings is 2. The van der Waals surface area contributed by atoms with Crippen LogP contribution < -0.4 is 9.47 Å². The van der Waals surface area contributed by atoms with E-state index in [1.807, 2.05) is 0 Å². The van der Waals surface area contributed by atoms with Gasteiger partial charge in [-0.1, -0.05) is 0 Å². The summed E-state index contributed by atoms with van der Waals surface area (Å²) in [6, 6.07) is 7.62. The van der Waals surface area contributed by atoms with Crippen LogP contribution in [0.2, 0.25) is 0 Å². The molecule has 0 amide bonds. The Morgan fingerprint density at radius 1 is 1.11 bits per heavy atom. The van der Waals surface area contributed by atoms with Crippen molar-refractivity contribution in [2.24, 2.45) is 0 Å². The largest absolute Gasteiger partial charge is 0.478 e. The highest BCUT2D eigenvalue weighted by molar-refractivity contribution is 5.72. The second-order valence-corrected chi connectivity index (χ2v) is 5.30. The van der Waals surface area contributed by atoms with Crippen molar-refractivity contribution in [2.45, 2.75) is 6.18 Å². The van der Waals surface area contributed by atoms with Crippen molar-refractivity contribution in [2.75, 3.05) is 6.61 Å². The van der Waals surface area contributed by atoms with Crippen molar-refractivity contribution in [1.82, 2.24) is 15.0 Å². The number of hydrogen-bond donors (Lipinski definition) is 0. The Kier molecular flexibility index (Phi) is 4.15. The van der Waals surface area contributed by atoms with E-state index in [0.29, 0.717) is 17.0 Å². The maximum atomic E-state index is 12.4. The molecular formula is C17H10F3N3O4. The van der Waals surface area contributed by atoms with Crippen LogP contribution in [0.1, 0.15) is 0 Å². The van der Waals surface area contributed by atoms with E-state index >= 15 is 0 Å². The van der Waals surface area contributed by atoms with E-state index in [9.17, 15) is 13.2 Å². The predicted molar refractivity (Wildman–Crippen MR) is 85.4 cm³/mol. The molecule has 0 spiro atoms. The lowest BCUT2D eigenvalue weighted by Crippen LogP contribution is -2.19. The fourth-order valence-corrected chi connectivity index (χ4v) is 2.20. The third kappa shape index (κ3) is 3.84. The van der Waals surface area contributed by atoms with E-state index < -0.39 is 12.8 Å². The molecule has 4 rings (SSSR count). The van der Waals surface area contributed by atoms with Gasteiger partial charge in [0.1, 0.15) is 0 Å². The molecule has 0 saturated heterocycles. The van der Waals surface area contributed by atoms with Crippen molar-refractivity contribution >= 4 is 11.2 Å². The van der Waals surface area contributed by atoms with Crippen molar-refractivity contribution in [1.29, 1.82) is 0 Å². The van der Waals surface area contributed by atoms with E-state index in [1.54, 1.807) is 12.1 Å². The first-order valence-corrected chi connectivity index (χ1v) is 7.61. The van der Waals surface area contributed by atoms with Gasteiger partial charge in [0.2, 0.25) is 0 Å². The number of alkyl halides is 3. The monoisotopic (exact) mass is 377 g/mol. The Labute approximate surface area is 149 Å². The number of fused-ring (bicyclic) bond motifs is 1. The van der Waals surface area contributed by atoms with Gasteiger partial charge < -0.3 is 18.3 Å². The maximum Gasteiger partial charge on any atom is 0.422 e. The average Bonchev–Trinajstić information content (AvgIpc) is 3.29. The van der Waals surface area contributed by atoms with E-state index in [-0.39, 0.29) is 23.3 Å². The Balaban J connectivity index is 1.59. The molecular weight excluding hydrogens is 367 g/mol. The zero-order valence-electron chi connectivity index (χ0n) is 13.4. The zero-order chi connectivity index (χ0) is 18.9. The number of aromatic nitrogens is 3. The van der Waals surface area contributed by atoms with Crippen molar-refractivity contribution in [3.63, 3.8) is 0 Å². The molecule has 0 aliphatic heterocycles. The molecule has 0 aromatic carbocycles. The molecule has 27 heavy (non-hydrogen) atoms. The lowest BCUT2D eigenvalue weighted by atomic mass is 10.4. The molecule has 4 aromatic rings. The van der Waals surface area contributed by atoms with Crippen LogP contribution in [0.25, 0.3) is 22.9 Å². The highest BCUT2D eigenvalue weighted by Gasteiger charge is 2.29. The molecule has 0 fully saturated rings. The van der Waals surface area contributed by atoms with Crippen LogP contribution in [0.3, 0.4) is 0 Å². The van der Waals surface area contributed by atoms with Gasteiger partial charge in [0.05, 0.1) is 12.5 Å². The number of rotatable bonds is 5. The molecule has 0 saturated carbocycles. The van der Waals surface area contributed by atoms with Crippen LogP contribution >= 0.6 is 0 Å². The highest BCUT2D eigenvalue weighted by atomic mass is 19.4. The molecule has 138 valence electrons. The normalized spacial score (nSPS) is 11.7. The number of furan rings is 1. The minimum Gasteiger partial charge on any atom is -0.478 e. The van der Waals surface area contributed by atoms with Gasteiger partial charge >= 0.3 is 6.18 Å². The number of ether oxygens (including phenoxy) is 2. The van der Waals surface area contributed by atoms with Crippen molar-refractivity contribution in [3.05, 3.63) is 49.0 Å². The fourth-order valence-electron chi connectivity index (χ4n) is 2.20. The molecule has 4 aromatic heterocycles. The Morgan fingerprint density at radius 2 is 2.00 bits per heavy atom. The van der Waals surface area contributed by atoms with Crippen LogP contribution in [0.5, 0.6) is 17.4 Å². The Morgan fingerprint density at radius 3 is 2.78 bits per heavy atom. The summed E-state index contributed by atoms with van der Waals surface area (Å²) in [4.78, 5) is 12.2. The van der Waals surface area contributed by atoms with E-state index in [2.05, 4.69) is 15.0 Å². The third-order valence-corrected chi connectivity index (χ3v) is 3.30. The van der Waals surface area contributed by atoms with Gasteiger partial charge in [-0.15, -0.1) is 0 Å². The molecule has 0 atom stereocenters. The summed E-state index contributed by atoms with van der Waals surface area (Å²) in [5.74, 6) is 0.590. The second kappa shape index (κ2) is 6.63. The summed E-state index contributed by atoms with van der Waals surface area (Å²) < 4.78 is 58.1. The first-order valence-electron chi connectivity index (χ1n) is 7.61. The number of nitrogens with zero attached hydrogens (tertiary/aromatic N) is 3. The minimum atomic E-state index is -4.48. The number of hydrogen-bond acceptors (Lipinski definition) is 7. The van der Waals surface area contributed by atoms with Crippen LogP contribution in [0, 0.1) is 0 Å². The lowest BCUT2D eigenvalue weighted by Gasteiger charge is -2.12. The van der Waals surface area contributed by atoms with Crippen LogP contribution in [0.4, 0.5) is 13.2 Å². The van der Waals surface area contributed by atoms with Gasteiger partial charge in [-0.25, -0.2) is 9.97 Å². The summed E-state index contributed by atoms with van der Waals surface area (Å²) >= 11 is 0. The van der Waals surface area contributed by atoms with Crippen LogP contribution in [-0.2, 0) is 0 Å². The van der Waals surface area contributed by atoms with Crippen molar-refractivity contribution in [3.8, 4) is 29.0 Å². The smallest absolute Gasteiger partial charge is 0.422 e. The highest BCUT2D eigenvalue weighted by Crippen LogP contribution is 2.32. The van der Waals surface area contributed by atoms with Gasteiger partial charge in [0, 0.05) is 12.3 Å². The van der Waals surface area contributed by atoms with E-state index in [4.69, 9.17) is 18.3 Å². The van der Waals surface area contributed by atoms with E-state index in [1.165, 1.54) is 36.9 Å². The van der Waals surface area contributed by atoms with Gasteiger partial charge in [0.25, 0.3) is 11.8 Å². The van der Waals surface area contributed by atoms with Gasteiger partial charge in [-0.3, -0.25) is 0 Å². The summed E-state index contributed by atoms with van der Waals surface area (Å²) in [6.45, 7) is -1.46. The summed E-state index contributed by atoms with van der Waals surface area (Å²) in [6.07, 6.45) is -0.282. The topological polar surface area (TPSA) is 83.4 Å². The summed E-state index contributed by atoms with van der Waals surface area (Å²) in [5, 5.41) is 0. The molecule has 0 aliphatic carbocycles. The van der Waals surface area contributed by atoms with Gasteiger partial charge in [-0.2, -0.15) is 18.2 Å². The van der Waals surface area contributed by atoms with Crippen LogP contribution in [-0.4, -0.2) is 27.7 Å². The van der Waals surface area contributed by atoms with Crippen molar-refractivity contribution < 1.29 is 31.5 Å². The maximum absolute atomic E-state index is 12.4. The minimum absolute atomic E-state index is 0.131. The Bertz CT molecular complexity index is 1060. The molecule has 0 aliphatic rings.